The number of nitrogens with one attached hydrogen (secondary N) is 1. The third-order valence-electron chi connectivity index (χ3n) is 3.76. The van der Waals surface area contributed by atoms with Crippen LogP contribution in [0.15, 0.2) is 42.5 Å². The van der Waals surface area contributed by atoms with E-state index in [1.54, 1.807) is 19.1 Å². The Kier molecular flexibility index (Phi) is 5.06. The molecule has 2 aromatic carbocycles. The second-order valence-electron chi connectivity index (χ2n) is 5.17. The minimum absolute atomic E-state index is 0.188. The molecule has 0 amide bonds. The summed E-state index contributed by atoms with van der Waals surface area (Å²) in [4.78, 5) is 10.6. The van der Waals surface area contributed by atoms with Crippen molar-refractivity contribution < 1.29 is 4.92 Å². The molecule has 21 heavy (non-hydrogen) atoms. The van der Waals surface area contributed by atoms with Crippen molar-refractivity contribution in [2.45, 2.75) is 26.8 Å². The first-order chi connectivity index (χ1) is 10.1. The quantitative estimate of drug-likeness (QED) is 0.501. The minimum Gasteiger partial charge on any atom is -0.312 e. The molecule has 2 rings (SSSR count). The molecule has 4 heteroatoms. The van der Waals surface area contributed by atoms with Gasteiger partial charge in [-0.25, -0.2) is 0 Å². The number of rotatable bonds is 6. The number of nitrogens with zero attached hydrogens (tertiary/aromatic N) is 1. The van der Waals surface area contributed by atoms with Crippen LogP contribution < -0.4 is 5.32 Å². The van der Waals surface area contributed by atoms with E-state index in [-0.39, 0.29) is 10.6 Å². The predicted octanol–water partition coefficient (Wildman–Crippen LogP) is 3.54. The fourth-order valence-corrected chi connectivity index (χ4v) is 2.40. The highest BCUT2D eigenvalue weighted by Gasteiger charge is 2.12. The zero-order chi connectivity index (χ0) is 15.2. The van der Waals surface area contributed by atoms with Gasteiger partial charge in [0.2, 0.25) is 0 Å². The number of benzene rings is 2. The SMILES string of the molecule is Cc1ccccc1CCNCc1cccc([N+](=O)[O-])c1C. The molecule has 2 aromatic rings. The summed E-state index contributed by atoms with van der Waals surface area (Å²) < 4.78 is 0. The lowest BCUT2D eigenvalue weighted by atomic mass is 10.1. The van der Waals surface area contributed by atoms with E-state index in [1.165, 1.54) is 11.1 Å². The monoisotopic (exact) mass is 284 g/mol. The number of aryl methyl sites for hydroxylation is 1. The Morgan fingerprint density at radius 1 is 1.05 bits per heavy atom. The maximum atomic E-state index is 10.9. The lowest BCUT2D eigenvalue weighted by Gasteiger charge is -2.09. The van der Waals surface area contributed by atoms with Crippen LogP contribution in [-0.4, -0.2) is 11.5 Å². The van der Waals surface area contributed by atoms with Gasteiger partial charge in [-0.05, 0) is 43.5 Å². The Labute approximate surface area is 125 Å². The lowest BCUT2D eigenvalue weighted by molar-refractivity contribution is -0.385. The van der Waals surface area contributed by atoms with E-state index in [0.29, 0.717) is 6.54 Å². The number of nitro benzene ring substituents is 1. The summed E-state index contributed by atoms with van der Waals surface area (Å²) >= 11 is 0. The molecule has 110 valence electrons. The van der Waals surface area contributed by atoms with E-state index in [1.807, 2.05) is 18.2 Å². The topological polar surface area (TPSA) is 55.2 Å². The second kappa shape index (κ2) is 6.99. The van der Waals surface area contributed by atoms with Crippen molar-refractivity contribution in [2.75, 3.05) is 6.54 Å². The van der Waals surface area contributed by atoms with Gasteiger partial charge >= 0.3 is 0 Å². The molecule has 0 aliphatic rings. The molecule has 0 saturated carbocycles. The number of nitro groups is 1. The fraction of sp³-hybridized carbons (Fsp3) is 0.294. The van der Waals surface area contributed by atoms with Gasteiger partial charge < -0.3 is 5.32 Å². The molecule has 0 saturated heterocycles. The highest BCUT2D eigenvalue weighted by atomic mass is 16.6. The average Bonchev–Trinajstić information content (AvgIpc) is 2.46. The van der Waals surface area contributed by atoms with E-state index >= 15 is 0 Å². The molecule has 0 bridgehead atoms. The molecule has 0 fully saturated rings. The van der Waals surface area contributed by atoms with Gasteiger partial charge in [-0.15, -0.1) is 0 Å². The molecular formula is C17H20N2O2. The Morgan fingerprint density at radius 3 is 2.48 bits per heavy atom. The number of hydrogen-bond acceptors (Lipinski definition) is 3. The van der Waals surface area contributed by atoms with Crippen LogP contribution in [0.3, 0.4) is 0 Å². The van der Waals surface area contributed by atoms with Crippen molar-refractivity contribution in [1.82, 2.24) is 5.32 Å². The van der Waals surface area contributed by atoms with Gasteiger partial charge in [-0.1, -0.05) is 36.4 Å². The molecule has 0 heterocycles. The highest BCUT2D eigenvalue weighted by Crippen LogP contribution is 2.20. The molecule has 0 radical (unpaired) electrons. The summed E-state index contributed by atoms with van der Waals surface area (Å²) in [7, 11) is 0. The normalized spacial score (nSPS) is 10.6. The van der Waals surface area contributed by atoms with Crippen molar-refractivity contribution in [3.05, 3.63) is 74.8 Å². The van der Waals surface area contributed by atoms with Gasteiger partial charge in [0.25, 0.3) is 5.69 Å². The van der Waals surface area contributed by atoms with Crippen molar-refractivity contribution in [2.24, 2.45) is 0 Å². The van der Waals surface area contributed by atoms with Crippen molar-refractivity contribution >= 4 is 5.69 Å². The van der Waals surface area contributed by atoms with Gasteiger partial charge in [0.05, 0.1) is 4.92 Å². The van der Waals surface area contributed by atoms with E-state index in [4.69, 9.17) is 0 Å². The Hall–Kier alpha value is -2.20. The van der Waals surface area contributed by atoms with E-state index in [2.05, 4.69) is 24.4 Å². The fourth-order valence-electron chi connectivity index (χ4n) is 2.40. The van der Waals surface area contributed by atoms with Crippen LogP contribution in [0.5, 0.6) is 0 Å². The van der Waals surface area contributed by atoms with Gasteiger partial charge in [-0.2, -0.15) is 0 Å². The van der Waals surface area contributed by atoms with Crippen LogP contribution in [-0.2, 0) is 13.0 Å². The minimum atomic E-state index is -0.327. The van der Waals surface area contributed by atoms with Gasteiger partial charge in [0.1, 0.15) is 0 Å². The molecule has 0 aromatic heterocycles. The largest absolute Gasteiger partial charge is 0.312 e. The van der Waals surface area contributed by atoms with Gasteiger partial charge in [0, 0.05) is 18.2 Å². The third kappa shape index (κ3) is 3.89. The van der Waals surface area contributed by atoms with Crippen molar-refractivity contribution in [3.8, 4) is 0 Å². The van der Waals surface area contributed by atoms with Crippen LogP contribution in [0.4, 0.5) is 5.69 Å². The third-order valence-corrected chi connectivity index (χ3v) is 3.76. The molecule has 0 unspecified atom stereocenters. The number of hydrogen-bond donors (Lipinski definition) is 1. The maximum Gasteiger partial charge on any atom is 0.272 e. The first-order valence-electron chi connectivity index (χ1n) is 7.07. The van der Waals surface area contributed by atoms with Crippen LogP contribution in [0.1, 0.15) is 22.3 Å². The zero-order valence-electron chi connectivity index (χ0n) is 12.4. The van der Waals surface area contributed by atoms with Crippen molar-refractivity contribution in [1.29, 1.82) is 0 Å². The van der Waals surface area contributed by atoms with Crippen molar-refractivity contribution in [3.63, 3.8) is 0 Å². The smallest absolute Gasteiger partial charge is 0.272 e. The standard InChI is InChI=1S/C17H20N2O2/c1-13-6-3-4-7-15(13)10-11-18-12-16-8-5-9-17(14(16)2)19(20)21/h3-9,18H,10-12H2,1-2H3. The Bertz CT molecular complexity index is 638. The summed E-state index contributed by atoms with van der Waals surface area (Å²) in [6, 6.07) is 13.6. The maximum absolute atomic E-state index is 10.9. The van der Waals surface area contributed by atoms with Crippen LogP contribution >= 0.6 is 0 Å². The highest BCUT2D eigenvalue weighted by molar-refractivity contribution is 5.44. The molecule has 4 nitrogen and oxygen atoms in total. The predicted molar refractivity (Wildman–Crippen MR) is 84.4 cm³/mol. The summed E-state index contributed by atoms with van der Waals surface area (Å²) in [6.07, 6.45) is 0.959. The Morgan fingerprint density at radius 2 is 1.76 bits per heavy atom. The lowest BCUT2D eigenvalue weighted by Crippen LogP contribution is -2.17. The van der Waals surface area contributed by atoms with E-state index in [0.717, 1.165) is 24.1 Å². The molecule has 0 aliphatic heterocycles. The van der Waals surface area contributed by atoms with Crippen LogP contribution in [0, 0.1) is 24.0 Å². The molecule has 0 atom stereocenters. The van der Waals surface area contributed by atoms with E-state index in [9.17, 15) is 10.1 Å². The van der Waals surface area contributed by atoms with E-state index < -0.39 is 0 Å². The zero-order valence-corrected chi connectivity index (χ0v) is 12.4. The Balaban J connectivity index is 1.91. The summed E-state index contributed by atoms with van der Waals surface area (Å²) in [5.41, 5.74) is 4.54. The first kappa shape index (κ1) is 15.2. The van der Waals surface area contributed by atoms with Gasteiger partial charge in [0.15, 0.2) is 0 Å². The molecule has 1 N–H and O–H groups in total. The van der Waals surface area contributed by atoms with Crippen LogP contribution in [0.2, 0.25) is 0 Å². The molecule has 0 spiro atoms. The second-order valence-corrected chi connectivity index (χ2v) is 5.17. The first-order valence-corrected chi connectivity index (χ1v) is 7.07. The summed E-state index contributed by atoms with van der Waals surface area (Å²) in [6.45, 7) is 5.42. The summed E-state index contributed by atoms with van der Waals surface area (Å²) in [5.74, 6) is 0. The average molecular weight is 284 g/mol. The van der Waals surface area contributed by atoms with Crippen LogP contribution in [0.25, 0.3) is 0 Å². The molecule has 0 aliphatic carbocycles. The summed E-state index contributed by atoms with van der Waals surface area (Å²) in [5, 5.41) is 14.3. The van der Waals surface area contributed by atoms with Gasteiger partial charge in [-0.3, -0.25) is 10.1 Å². The molecular weight excluding hydrogens is 264 g/mol.